The maximum absolute atomic E-state index is 13.5. The van der Waals surface area contributed by atoms with Crippen molar-refractivity contribution in [3.63, 3.8) is 0 Å². The Balaban J connectivity index is 0.807. The lowest BCUT2D eigenvalue weighted by Crippen LogP contribution is -2.34. The van der Waals surface area contributed by atoms with E-state index in [0.717, 1.165) is 20.1 Å². The van der Waals surface area contributed by atoms with Crippen molar-refractivity contribution in [2.75, 3.05) is 10.6 Å². The highest BCUT2D eigenvalue weighted by molar-refractivity contribution is 9.10. The molecule has 0 spiro atoms. The number of hydrogen-bond acceptors (Lipinski definition) is 11. The second-order valence-corrected chi connectivity index (χ2v) is 17.8. The molecular weight excluding hydrogens is 1040 g/mol. The van der Waals surface area contributed by atoms with Gasteiger partial charge in [0.15, 0.2) is 5.78 Å². The number of anilines is 2. The number of rotatable bonds is 11. The lowest BCUT2D eigenvalue weighted by molar-refractivity contribution is 0.0957. The highest BCUT2D eigenvalue weighted by Crippen LogP contribution is 2.38. The van der Waals surface area contributed by atoms with Crippen molar-refractivity contribution in [3.05, 3.63) is 213 Å². The van der Waals surface area contributed by atoms with Gasteiger partial charge in [-0.1, -0.05) is 105 Å². The van der Waals surface area contributed by atoms with Gasteiger partial charge in [-0.05, 0) is 131 Å². The van der Waals surface area contributed by atoms with Crippen molar-refractivity contribution in [2.24, 2.45) is 20.5 Å². The summed E-state index contributed by atoms with van der Waals surface area (Å²) in [6, 6.07) is 49.2. The summed E-state index contributed by atoms with van der Waals surface area (Å²) in [7, 11) is 0. The lowest BCUT2D eigenvalue weighted by Gasteiger charge is -2.09. The minimum atomic E-state index is -0.694. The van der Waals surface area contributed by atoms with Gasteiger partial charge in [-0.2, -0.15) is 10.2 Å². The van der Waals surface area contributed by atoms with Gasteiger partial charge in [0.25, 0.3) is 11.8 Å². The number of fused-ring (bicyclic) bond motifs is 2. The number of hydrogen-bond donors (Lipinski definition) is 6. The Hall–Kier alpha value is -9.19. The van der Waals surface area contributed by atoms with Crippen LogP contribution >= 0.6 is 31.9 Å². The number of ketones is 1. The van der Waals surface area contributed by atoms with Crippen LogP contribution in [-0.2, 0) is 0 Å². The topological polar surface area (TPSA) is 223 Å². The third-order valence-corrected chi connectivity index (χ3v) is 12.1. The number of amides is 6. The fraction of sp³-hybridized carbons (Fsp3) is 0. The molecule has 0 aliphatic heterocycles. The van der Waals surface area contributed by atoms with E-state index in [2.05, 4.69) is 73.6 Å². The summed E-state index contributed by atoms with van der Waals surface area (Å²) in [6.45, 7) is 0. The number of phenols is 2. The van der Waals surface area contributed by atoms with Crippen LogP contribution in [0.3, 0.4) is 0 Å². The second-order valence-electron chi connectivity index (χ2n) is 16.0. The van der Waals surface area contributed by atoms with Gasteiger partial charge in [0, 0.05) is 53.3 Å². The number of carbonyl (C=O) groups excluding carboxylic acids is 5. The Morgan fingerprint density at radius 2 is 0.792 bits per heavy atom. The first kappa shape index (κ1) is 47.9. The summed E-state index contributed by atoms with van der Waals surface area (Å²) in [5, 5.41) is 50.8. The first-order chi connectivity index (χ1) is 34.8. The molecule has 0 aliphatic rings. The van der Waals surface area contributed by atoms with E-state index in [9.17, 15) is 34.2 Å². The summed E-state index contributed by atoms with van der Waals surface area (Å²) in [5.74, 6) is -1.66. The van der Waals surface area contributed by atoms with Gasteiger partial charge in [-0.25, -0.2) is 9.59 Å². The third-order valence-electron chi connectivity index (χ3n) is 11.1. The van der Waals surface area contributed by atoms with E-state index in [-0.39, 0.29) is 39.8 Å². The van der Waals surface area contributed by atoms with Crippen LogP contribution in [0.15, 0.2) is 211 Å². The van der Waals surface area contributed by atoms with Gasteiger partial charge < -0.3 is 20.8 Å². The van der Waals surface area contributed by atoms with Crippen LogP contribution in [0.1, 0.15) is 36.6 Å². The summed E-state index contributed by atoms with van der Waals surface area (Å²) < 4.78 is 1.54. The van der Waals surface area contributed by atoms with Crippen molar-refractivity contribution in [1.82, 2.24) is 10.6 Å². The Bertz CT molecular complexity index is 3680. The van der Waals surface area contributed by atoms with Crippen LogP contribution in [-0.4, -0.2) is 39.9 Å². The molecule has 0 aromatic heterocycles. The summed E-state index contributed by atoms with van der Waals surface area (Å²) in [5.41, 5.74) is 5.43. The number of urea groups is 2. The molecule has 0 saturated heterocycles. The van der Waals surface area contributed by atoms with Crippen LogP contribution in [0.4, 0.5) is 43.7 Å². The molecule has 9 rings (SSSR count). The van der Waals surface area contributed by atoms with Gasteiger partial charge in [0.1, 0.15) is 22.9 Å². The molecule has 0 bridgehead atoms. The fourth-order valence-electron chi connectivity index (χ4n) is 7.50. The molecule has 0 radical (unpaired) electrons. The largest absolute Gasteiger partial charge is 0.506 e. The van der Waals surface area contributed by atoms with Gasteiger partial charge in [-0.15, -0.1) is 10.2 Å². The number of benzene rings is 9. The van der Waals surface area contributed by atoms with Gasteiger partial charge in [0.2, 0.25) is 0 Å². The van der Waals surface area contributed by atoms with E-state index >= 15 is 0 Å². The Morgan fingerprint density at radius 3 is 1.22 bits per heavy atom. The maximum atomic E-state index is 13.5. The average Bonchev–Trinajstić information content (AvgIpc) is 3.38. The molecule has 0 atom stereocenters. The first-order valence-electron chi connectivity index (χ1n) is 21.8. The van der Waals surface area contributed by atoms with Crippen molar-refractivity contribution >= 4 is 117 Å². The third kappa shape index (κ3) is 11.3. The smallest absolute Gasteiger partial charge is 0.326 e. The van der Waals surface area contributed by atoms with E-state index in [1.165, 1.54) is 24.3 Å². The van der Waals surface area contributed by atoms with Crippen molar-refractivity contribution in [2.45, 2.75) is 0 Å². The van der Waals surface area contributed by atoms with Crippen molar-refractivity contribution < 1.29 is 34.2 Å². The predicted octanol–water partition coefficient (Wildman–Crippen LogP) is 14.6. The molecule has 9 aromatic carbocycles. The molecule has 0 aliphatic carbocycles. The molecule has 9 aromatic rings. The van der Waals surface area contributed by atoms with Crippen molar-refractivity contribution in [1.29, 1.82) is 0 Å². The molecule has 15 nitrogen and oxygen atoms in total. The molecule has 0 fully saturated rings. The number of phenolic OH excluding ortho intramolecular Hbond substituents is 2. The highest BCUT2D eigenvalue weighted by atomic mass is 79.9. The first-order valence-corrected chi connectivity index (χ1v) is 23.4. The number of azo groups is 2. The van der Waals surface area contributed by atoms with E-state index in [1.54, 1.807) is 121 Å². The Morgan fingerprint density at radius 1 is 0.403 bits per heavy atom. The van der Waals surface area contributed by atoms with Crippen LogP contribution in [0.5, 0.6) is 11.5 Å². The summed E-state index contributed by atoms with van der Waals surface area (Å²) in [4.78, 5) is 64.2. The molecule has 72 heavy (non-hydrogen) atoms. The lowest BCUT2D eigenvalue weighted by atomic mass is 9.99. The number of halogens is 2. The van der Waals surface area contributed by atoms with Crippen LogP contribution in [0.2, 0.25) is 0 Å². The Labute approximate surface area is 426 Å². The minimum absolute atomic E-state index is 0.104. The quantitative estimate of drug-likeness (QED) is 0.0542. The highest BCUT2D eigenvalue weighted by Gasteiger charge is 2.17. The molecular formula is C55H36Br2N8O7. The zero-order valence-electron chi connectivity index (χ0n) is 37.3. The molecule has 6 amide bonds. The summed E-state index contributed by atoms with van der Waals surface area (Å²) >= 11 is 6.69. The number of nitrogens with zero attached hydrogens (tertiary/aromatic N) is 4. The molecule has 0 heterocycles. The zero-order valence-corrected chi connectivity index (χ0v) is 40.5. The van der Waals surface area contributed by atoms with Crippen LogP contribution < -0.4 is 21.3 Å². The van der Waals surface area contributed by atoms with E-state index in [4.69, 9.17) is 0 Å². The molecule has 352 valence electrons. The number of aromatic hydroxyl groups is 2. The predicted molar refractivity (Wildman–Crippen MR) is 283 cm³/mol. The van der Waals surface area contributed by atoms with Gasteiger partial charge in [0.05, 0.1) is 11.4 Å². The Kier molecular flexibility index (Phi) is 14.1. The van der Waals surface area contributed by atoms with Crippen LogP contribution in [0.25, 0.3) is 32.7 Å². The fourth-order valence-corrected chi connectivity index (χ4v) is 8.30. The van der Waals surface area contributed by atoms with E-state index in [0.29, 0.717) is 55.4 Å². The molecule has 0 saturated carbocycles. The monoisotopic (exact) mass is 1080 g/mol. The van der Waals surface area contributed by atoms with Gasteiger partial charge >= 0.3 is 12.1 Å². The van der Waals surface area contributed by atoms with Crippen LogP contribution in [0, 0.1) is 0 Å². The number of nitrogens with one attached hydrogen (secondary N) is 4. The zero-order chi connectivity index (χ0) is 50.3. The number of imide groups is 2. The minimum Gasteiger partial charge on any atom is -0.506 e. The van der Waals surface area contributed by atoms with E-state index in [1.807, 2.05) is 36.4 Å². The molecule has 6 N–H and O–H groups in total. The summed E-state index contributed by atoms with van der Waals surface area (Å²) in [6.07, 6.45) is 0. The normalized spacial score (nSPS) is 11.2. The second kappa shape index (κ2) is 21.2. The molecule has 0 unspecified atom stereocenters. The molecule has 17 heteroatoms. The maximum Gasteiger partial charge on any atom is 0.326 e. The van der Waals surface area contributed by atoms with E-state index < -0.39 is 23.9 Å². The average molecular weight is 1080 g/mol. The van der Waals surface area contributed by atoms with Gasteiger partial charge in [-0.3, -0.25) is 25.0 Å². The standard InChI is InChI=1S/C55H36Br2N8O7/c56-39-3-1-5-43(29-39)58-54(71)60-52(69)37-15-23-45-35(27-37)17-25-47(66)49(45)64-62-41-19-11-32(12-20-41)31-7-9-33(10-8-31)51(68)34-13-21-42(22-14-34)63-65-50-46-24-16-38(28-36(46)18-26-48(50)67)53(70)61-55(72)59-44-6-2-4-40(57)30-44/h1-30,66-67H,(H2,58,60,69,71)(H2,59,61,70,72). The van der Waals surface area contributed by atoms with Crippen molar-refractivity contribution in [3.8, 4) is 22.6 Å². The SMILES string of the molecule is O=C(NC(=O)c1ccc2c(N=Nc3ccc(C(=O)c4ccc(-c5ccc(N=Nc6c(O)ccc7cc(C(=O)NC(=O)Nc8cccc(Br)c8)ccc67)cc5)cc4)cc3)c(O)ccc2c1)Nc1cccc(Br)c1. The number of carbonyl (C=O) groups is 5.